The van der Waals surface area contributed by atoms with E-state index < -0.39 is 0 Å². The van der Waals surface area contributed by atoms with E-state index in [9.17, 15) is 9.59 Å². The van der Waals surface area contributed by atoms with Crippen LogP contribution in [0.15, 0.2) is 34.1 Å². The number of anilines is 1. The van der Waals surface area contributed by atoms with Crippen LogP contribution in [0.25, 0.3) is 11.0 Å². The van der Waals surface area contributed by atoms with Gasteiger partial charge in [-0.05, 0) is 18.1 Å². The average Bonchev–Trinajstić information content (AvgIpc) is 3.24. The molecule has 1 fully saturated rings. The molecule has 3 aromatic rings. The van der Waals surface area contributed by atoms with Crippen molar-refractivity contribution in [2.45, 2.75) is 19.0 Å². The summed E-state index contributed by atoms with van der Waals surface area (Å²) < 4.78 is 2.82. The number of H-pyrrole nitrogens is 1. The third-order valence-electron chi connectivity index (χ3n) is 4.88. The Kier molecular flexibility index (Phi) is 4.08. The minimum absolute atomic E-state index is 0.284. The summed E-state index contributed by atoms with van der Waals surface area (Å²) in [6.07, 6.45) is 4.62. The van der Waals surface area contributed by atoms with Crippen LogP contribution in [-0.4, -0.2) is 43.4 Å². The number of aromatic nitrogens is 5. The number of hydrogen-bond acceptors (Lipinski definition) is 6. The Morgan fingerprint density at radius 3 is 2.92 bits per heavy atom. The van der Waals surface area contributed by atoms with Crippen molar-refractivity contribution >= 4 is 16.9 Å². The fourth-order valence-corrected chi connectivity index (χ4v) is 3.31. The number of rotatable bonds is 4. The van der Waals surface area contributed by atoms with Crippen molar-refractivity contribution in [3.8, 4) is 0 Å². The summed E-state index contributed by atoms with van der Waals surface area (Å²) in [4.78, 5) is 32.8. The number of pyridine rings is 1. The SMILES string of the molecule is Cn1c(=O)cc(N2CC[C@@H](NCc3cnc4c(cnn4C)c3)C2)[nH]c1=O. The molecule has 1 atom stereocenters. The third-order valence-corrected chi connectivity index (χ3v) is 4.88. The molecule has 3 aromatic heterocycles. The lowest BCUT2D eigenvalue weighted by Gasteiger charge is -2.18. The second-order valence-corrected chi connectivity index (χ2v) is 6.69. The van der Waals surface area contributed by atoms with E-state index in [2.05, 4.69) is 26.4 Å². The average molecular weight is 355 g/mol. The van der Waals surface area contributed by atoms with E-state index >= 15 is 0 Å². The Hall–Kier alpha value is -2.94. The van der Waals surface area contributed by atoms with Gasteiger partial charge in [0.1, 0.15) is 5.82 Å². The molecular formula is C17H21N7O2. The van der Waals surface area contributed by atoms with Crippen LogP contribution in [0.2, 0.25) is 0 Å². The molecule has 4 rings (SSSR count). The van der Waals surface area contributed by atoms with Crippen LogP contribution in [-0.2, 0) is 20.6 Å². The Balaban J connectivity index is 1.41. The fraction of sp³-hybridized carbons (Fsp3) is 0.412. The molecule has 0 radical (unpaired) electrons. The predicted octanol–water partition coefficient (Wildman–Crippen LogP) is -0.276. The summed E-state index contributed by atoms with van der Waals surface area (Å²) in [5.74, 6) is 0.584. The number of nitrogens with zero attached hydrogens (tertiary/aromatic N) is 5. The second-order valence-electron chi connectivity index (χ2n) is 6.69. The summed E-state index contributed by atoms with van der Waals surface area (Å²) in [7, 11) is 3.34. The van der Waals surface area contributed by atoms with E-state index in [1.807, 2.05) is 24.3 Å². The Morgan fingerprint density at radius 2 is 2.12 bits per heavy atom. The smallest absolute Gasteiger partial charge is 0.329 e. The lowest BCUT2D eigenvalue weighted by atomic mass is 10.2. The highest BCUT2D eigenvalue weighted by Crippen LogP contribution is 2.17. The van der Waals surface area contributed by atoms with Gasteiger partial charge in [-0.25, -0.2) is 9.78 Å². The van der Waals surface area contributed by atoms with E-state index in [1.165, 1.54) is 13.1 Å². The van der Waals surface area contributed by atoms with Crippen LogP contribution in [0.1, 0.15) is 12.0 Å². The van der Waals surface area contributed by atoms with E-state index in [0.29, 0.717) is 12.4 Å². The lowest BCUT2D eigenvalue weighted by molar-refractivity contribution is 0.550. The zero-order valence-electron chi connectivity index (χ0n) is 14.8. The van der Waals surface area contributed by atoms with Crippen molar-refractivity contribution in [3.05, 3.63) is 50.9 Å². The quantitative estimate of drug-likeness (QED) is 0.668. The molecule has 9 heteroatoms. The molecule has 0 saturated carbocycles. The van der Waals surface area contributed by atoms with Gasteiger partial charge in [0, 0.05) is 57.4 Å². The van der Waals surface area contributed by atoms with Crippen LogP contribution in [0.4, 0.5) is 5.82 Å². The van der Waals surface area contributed by atoms with Gasteiger partial charge in [0.15, 0.2) is 5.65 Å². The first-order valence-corrected chi connectivity index (χ1v) is 8.56. The molecule has 0 spiro atoms. The largest absolute Gasteiger partial charge is 0.356 e. The van der Waals surface area contributed by atoms with Gasteiger partial charge in [-0.1, -0.05) is 0 Å². The monoisotopic (exact) mass is 355 g/mol. The maximum atomic E-state index is 11.8. The Labute approximate surface area is 149 Å². The molecule has 1 aliphatic rings. The van der Waals surface area contributed by atoms with E-state index in [-0.39, 0.29) is 17.3 Å². The van der Waals surface area contributed by atoms with Gasteiger partial charge in [0.2, 0.25) is 0 Å². The number of aromatic amines is 1. The fourth-order valence-electron chi connectivity index (χ4n) is 3.31. The molecule has 1 aliphatic heterocycles. The maximum absolute atomic E-state index is 11.8. The highest BCUT2D eigenvalue weighted by atomic mass is 16.2. The molecule has 1 saturated heterocycles. The van der Waals surface area contributed by atoms with Crippen LogP contribution >= 0.6 is 0 Å². The standard InChI is InChI=1S/C17H21N7O2/c1-22-15(25)6-14(21-17(22)26)24-4-3-13(10-24)18-7-11-5-12-9-20-23(2)16(12)19-8-11/h5-6,8-9,13,18H,3-4,7,10H2,1-2H3,(H,21,26)/t13-/m1/s1. The third kappa shape index (κ3) is 3.01. The molecule has 9 nitrogen and oxygen atoms in total. The second kappa shape index (κ2) is 6.41. The number of fused-ring (bicyclic) bond motifs is 1. The summed E-state index contributed by atoms with van der Waals surface area (Å²) in [6.45, 7) is 2.25. The van der Waals surface area contributed by atoms with Crippen molar-refractivity contribution in [2.75, 3.05) is 18.0 Å². The highest BCUT2D eigenvalue weighted by Gasteiger charge is 2.23. The van der Waals surface area contributed by atoms with Crippen molar-refractivity contribution in [2.24, 2.45) is 14.1 Å². The van der Waals surface area contributed by atoms with Crippen molar-refractivity contribution in [3.63, 3.8) is 0 Å². The molecular weight excluding hydrogens is 334 g/mol. The first-order valence-electron chi connectivity index (χ1n) is 8.56. The van der Waals surface area contributed by atoms with E-state index in [1.54, 1.807) is 4.68 Å². The molecule has 0 bridgehead atoms. The molecule has 26 heavy (non-hydrogen) atoms. The number of hydrogen-bond donors (Lipinski definition) is 2. The van der Waals surface area contributed by atoms with Gasteiger partial charge in [0.05, 0.1) is 6.20 Å². The van der Waals surface area contributed by atoms with Crippen molar-refractivity contribution in [1.82, 2.24) is 29.6 Å². The lowest BCUT2D eigenvalue weighted by Crippen LogP contribution is -2.36. The van der Waals surface area contributed by atoms with Crippen molar-refractivity contribution in [1.29, 1.82) is 0 Å². The molecule has 0 amide bonds. The van der Waals surface area contributed by atoms with Crippen LogP contribution < -0.4 is 21.5 Å². The first-order chi connectivity index (χ1) is 12.5. The van der Waals surface area contributed by atoms with Crippen LogP contribution in [0.3, 0.4) is 0 Å². The molecule has 0 aromatic carbocycles. The van der Waals surface area contributed by atoms with Gasteiger partial charge in [0.25, 0.3) is 5.56 Å². The molecule has 2 N–H and O–H groups in total. The van der Waals surface area contributed by atoms with Gasteiger partial charge < -0.3 is 10.2 Å². The highest BCUT2D eigenvalue weighted by molar-refractivity contribution is 5.74. The summed E-state index contributed by atoms with van der Waals surface area (Å²) >= 11 is 0. The predicted molar refractivity (Wildman–Crippen MR) is 98.3 cm³/mol. The summed E-state index contributed by atoms with van der Waals surface area (Å²) in [6, 6.07) is 3.85. The van der Waals surface area contributed by atoms with Gasteiger partial charge >= 0.3 is 5.69 Å². The van der Waals surface area contributed by atoms with E-state index in [0.717, 1.165) is 40.7 Å². The zero-order valence-corrected chi connectivity index (χ0v) is 14.8. The summed E-state index contributed by atoms with van der Waals surface area (Å²) in [5.41, 5.74) is 1.29. The van der Waals surface area contributed by atoms with Crippen LogP contribution in [0, 0.1) is 0 Å². The van der Waals surface area contributed by atoms with Crippen molar-refractivity contribution < 1.29 is 0 Å². The number of nitrogens with one attached hydrogen (secondary N) is 2. The topological polar surface area (TPSA) is 101 Å². The summed E-state index contributed by atoms with van der Waals surface area (Å²) in [5, 5.41) is 8.76. The van der Waals surface area contributed by atoms with Crippen LogP contribution in [0.5, 0.6) is 0 Å². The number of aryl methyl sites for hydroxylation is 1. The normalized spacial score (nSPS) is 17.3. The Bertz CT molecular complexity index is 1030. The molecule has 4 heterocycles. The minimum atomic E-state index is -0.389. The van der Waals surface area contributed by atoms with Gasteiger partial charge in [-0.2, -0.15) is 5.10 Å². The molecule has 0 unspecified atom stereocenters. The minimum Gasteiger partial charge on any atom is -0.356 e. The van der Waals surface area contributed by atoms with Gasteiger partial charge in [-0.3, -0.25) is 19.0 Å². The van der Waals surface area contributed by atoms with Gasteiger partial charge in [-0.15, -0.1) is 0 Å². The zero-order chi connectivity index (χ0) is 18.3. The Morgan fingerprint density at radius 1 is 1.27 bits per heavy atom. The first kappa shape index (κ1) is 16.5. The maximum Gasteiger partial charge on any atom is 0.329 e. The molecule has 136 valence electrons. The molecule has 0 aliphatic carbocycles. The van der Waals surface area contributed by atoms with E-state index in [4.69, 9.17) is 0 Å².